The average molecular weight is 382 g/mol. The molecule has 0 saturated carbocycles. The number of carbonyl (C=O) groups is 3. The van der Waals surface area contributed by atoms with Gasteiger partial charge in [-0.3, -0.25) is 4.79 Å². The smallest absolute Gasteiger partial charge is 0.408 e. The number of methoxy groups -OCH3 is 1. The van der Waals surface area contributed by atoms with Gasteiger partial charge in [0.05, 0.1) is 13.4 Å². The van der Waals surface area contributed by atoms with Crippen LogP contribution in [0.5, 0.6) is 0 Å². The number of aromatic nitrogens is 2. The van der Waals surface area contributed by atoms with Crippen LogP contribution >= 0.6 is 0 Å². The van der Waals surface area contributed by atoms with E-state index < -0.39 is 35.7 Å². The van der Waals surface area contributed by atoms with Gasteiger partial charge in [-0.1, -0.05) is 20.3 Å². The van der Waals surface area contributed by atoms with Crippen molar-refractivity contribution in [1.29, 1.82) is 0 Å². The van der Waals surface area contributed by atoms with Crippen LogP contribution in [0.2, 0.25) is 0 Å². The van der Waals surface area contributed by atoms with E-state index in [0.717, 1.165) is 0 Å². The van der Waals surface area contributed by atoms with Gasteiger partial charge >= 0.3 is 12.1 Å². The molecule has 0 spiro atoms. The standard InChI is InChI=1S/C18H30N4O5/c1-7-11(2)14(22-17(25)27-18(3,4)5)15(23)21-13(16(24)26-6)8-12-9-19-10-20-12/h9-11,13-14H,7-8H2,1-6H3,(H,19,20)(H,21,23)(H,22,25)/t11?,13-,14+/m0/s1. The number of esters is 1. The van der Waals surface area contributed by atoms with Gasteiger partial charge in [0.15, 0.2) is 0 Å². The van der Waals surface area contributed by atoms with E-state index in [1.54, 1.807) is 27.0 Å². The Morgan fingerprint density at radius 1 is 1.26 bits per heavy atom. The predicted molar refractivity (Wildman–Crippen MR) is 98.9 cm³/mol. The number of carbonyl (C=O) groups excluding carboxylic acids is 3. The zero-order chi connectivity index (χ0) is 20.6. The Balaban J connectivity index is 2.88. The Kier molecular flexibility index (Phi) is 8.27. The van der Waals surface area contributed by atoms with Crippen molar-refractivity contribution in [3.05, 3.63) is 18.2 Å². The summed E-state index contributed by atoms with van der Waals surface area (Å²) in [6.45, 7) is 8.96. The van der Waals surface area contributed by atoms with Crippen molar-refractivity contribution < 1.29 is 23.9 Å². The lowest BCUT2D eigenvalue weighted by molar-refractivity contribution is -0.145. The highest BCUT2D eigenvalue weighted by molar-refractivity contribution is 5.90. The Bertz CT molecular complexity index is 624. The monoisotopic (exact) mass is 382 g/mol. The highest BCUT2D eigenvalue weighted by Crippen LogP contribution is 2.12. The van der Waals surface area contributed by atoms with Crippen molar-refractivity contribution in [2.24, 2.45) is 5.92 Å². The molecule has 0 aliphatic rings. The Labute approximate surface area is 159 Å². The number of rotatable bonds is 8. The summed E-state index contributed by atoms with van der Waals surface area (Å²) in [6.07, 6.45) is 3.20. The molecule has 1 rings (SSSR count). The molecule has 0 fully saturated rings. The van der Waals surface area contributed by atoms with Crippen molar-refractivity contribution in [3.8, 4) is 0 Å². The third kappa shape index (κ3) is 7.67. The van der Waals surface area contributed by atoms with Crippen LogP contribution < -0.4 is 10.6 Å². The zero-order valence-corrected chi connectivity index (χ0v) is 16.8. The van der Waals surface area contributed by atoms with Gasteiger partial charge in [-0.25, -0.2) is 14.6 Å². The number of nitrogens with one attached hydrogen (secondary N) is 3. The lowest BCUT2D eigenvalue weighted by Gasteiger charge is -2.27. The molecular weight excluding hydrogens is 352 g/mol. The van der Waals surface area contributed by atoms with Gasteiger partial charge in [-0.05, 0) is 26.7 Å². The highest BCUT2D eigenvalue weighted by Gasteiger charge is 2.31. The molecule has 0 aromatic carbocycles. The van der Waals surface area contributed by atoms with Gasteiger partial charge in [0, 0.05) is 18.3 Å². The minimum atomic E-state index is -0.907. The van der Waals surface area contributed by atoms with Gasteiger partial charge in [0.1, 0.15) is 17.7 Å². The van der Waals surface area contributed by atoms with Gasteiger partial charge in [0.2, 0.25) is 5.91 Å². The summed E-state index contributed by atoms with van der Waals surface area (Å²) in [6, 6.07) is -1.76. The number of imidazole rings is 1. The molecule has 0 saturated heterocycles. The van der Waals surface area contributed by atoms with Crippen LogP contribution in [-0.2, 0) is 25.5 Å². The first-order chi connectivity index (χ1) is 12.6. The molecule has 1 aromatic heterocycles. The van der Waals surface area contributed by atoms with Crippen LogP contribution in [0, 0.1) is 5.92 Å². The third-order valence-corrected chi connectivity index (χ3v) is 3.95. The summed E-state index contributed by atoms with van der Waals surface area (Å²) in [4.78, 5) is 43.7. The minimum absolute atomic E-state index is 0.164. The first-order valence-corrected chi connectivity index (χ1v) is 8.92. The van der Waals surface area contributed by atoms with E-state index in [9.17, 15) is 14.4 Å². The van der Waals surface area contributed by atoms with Crippen molar-refractivity contribution in [3.63, 3.8) is 0 Å². The molecule has 1 aromatic rings. The third-order valence-electron chi connectivity index (χ3n) is 3.95. The number of hydrogen-bond acceptors (Lipinski definition) is 6. The Morgan fingerprint density at radius 2 is 1.93 bits per heavy atom. The van der Waals surface area contributed by atoms with Crippen molar-refractivity contribution in [1.82, 2.24) is 20.6 Å². The van der Waals surface area contributed by atoms with E-state index >= 15 is 0 Å². The van der Waals surface area contributed by atoms with E-state index in [4.69, 9.17) is 9.47 Å². The number of alkyl carbamates (subject to hydrolysis) is 1. The van der Waals surface area contributed by atoms with Gasteiger partial charge < -0.3 is 25.1 Å². The predicted octanol–water partition coefficient (Wildman–Crippen LogP) is 1.55. The number of amides is 2. The second kappa shape index (κ2) is 9.94. The van der Waals surface area contributed by atoms with Gasteiger partial charge in [-0.2, -0.15) is 0 Å². The molecule has 0 aliphatic carbocycles. The zero-order valence-electron chi connectivity index (χ0n) is 16.8. The van der Waals surface area contributed by atoms with Gasteiger partial charge in [-0.15, -0.1) is 0 Å². The summed E-state index contributed by atoms with van der Waals surface area (Å²) in [5.74, 6) is -1.23. The first kappa shape index (κ1) is 22.5. The highest BCUT2D eigenvalue weighted by atomic mass is 16.6. The summed E-state index contributed by atoms with van der Waals surface area (Å²) >= 11 is 0. The minimum Gasteiger partial charge on any atom is -0.467 e. The van der Waals surface area contributed by atoms with Crippen LogP contribution in [0.3, 0.4) is 0 Å². The lowest BCUT2D eigenvalue weighted by atomic mass is 9.98. The number of nitrogens with zero attached hydrogens (tertiary/aromatic N) is 1. The SMILES string of the molecule is CCC(C)[C@@H](NC(=O)OC(C)(C)C)C(=O)N[C@@H](Cc1cnc[nH]1)C(=O)OC. The van der Waals surface area contributed by atoms with Gasteiger partial charge in [0.25, 0.3) is 0 Å². The number of hydrogen-bond donors (Lipinski definition) is 3. The number of H-pyrrole nitrogens is 1. The lowest BCUT2D eigenvalue weighted by Crippen LogP contribution is -2.55. The normalized spacial score (nSPS) is 14.6. The summed E-state index contributed by atoms with van der Waals surface area (Å²) in [7, 11) is 1.25. The molecule has 152 valence electrons. The maximum atomic E-state index is 12.8. The second-order valence-electron chi connectivity index (χ2n) is 7.37. The van der Waals surface area contributed by atoms with Crippen molar-refractivity contribution >= 4 is 18.0 Å². The molecule has 9 nitrogen and oxygen atoms in total. The van der Waals surface area contributed by atoms with E-state index in [1.807, 2.05) is 13.8 Å². The molecule has 2 amide bonds. The fourth-order valence-electron chi connectivity index (χ4n) is 2.35. The molecular formula is C18H30N4O5. The molecule has 3 N–H and O–H groups in total. The van der Waals surface area contributed by atoms with E-state index in [-0.39, 0.29) is 12.3 Å². The van der Waals surface area contributed by atoms with Crippen molar-refractivity contribution in [2.75, 3.05) is 7.11 Å². The Morgan fingerprint density at radius 3 is 2.41 bits per heavy atom. The van der Waals surface area contributed by atoms with Crippen LogP contribution in [0.15, 0.2) is 12.5 Å². The summed E-state index contributed by atoms with van der Waals surface area (Å²) in [5, 5.41) is 5.26. The summed E-state index contributed by atoms with van der Waals surface area (Å²) in [5.41, 5.74) is -0.0127. The number of ether oxygens (including phenoxy) is 2. The first-order valence-electron chi connectivity index (χ1n) is 8.92. The fraction of sp³-hybridized carbons (Fsp3) is 0.667. The van der Waals surface area contributed by atoms with E-state index in [1.165, 1.54) is 13.4 Å². The fourth-order valence-corrected chi connectivity index (χ4v) is 2.35. The maximum absolute atomic E-state index is 12.8. The summed E-state index contributed by atoms with van der Waals surface area (Å²) < 4.78 is 10.0. The average Bonchev–Trinajstić information content (AvgIpc) is 3.09. The molecule has 3 atom stereocenters. The largest absolute Gasteiger partial charge is 0.467 e. The quantitative estimate of drug-likeness (QED) is 0.586. The Hall–Kier alpha value is -2.58. The molecule has 0 bridgehead atoms. The molecule has 0 radical (unpaired) electrons. The van der Waals surface area contributed by atoms with Crippen LogP contribution in [0.4, 0.5) is 4.79 Å². The van der Waals surface area contributed by atoms with Crippen LogP contribution in [0.25, 0.3) is 0 Å². The molecule has 27 heavy (non-hydrogen) atoms. The maximum Gasteiger partial charge on any atom is 0.408 e. The van der Waals surface area contributed by atoms with Crippen molar-refractivity contribution in [2.45, 2.75) is 65.1 Å². The molecule has 1 unspecified atom stereocenters. The van der Waals surface area contributed by atoms with E-state index in [0.29, 0.717) is 12.1 Å². The molecule has 0 aliphatic heterocycles. The van der Waals surface area contributed by atoms with E-state index in [2.05, 4.69) is 20.6 Å². The second-order valence-corrected chi connectivity index (χ2v) is 7.37. The number of aromatic amines is 1. The molecule has 1 heterocycles. The van der Waals surface area contributed by atoms with Crippen LogP contribution in [0.1, 0.15) is 46.7 Å². The van der Waals surface area contributed by atoms with Crippen LogP contribution in [-0.4, -0.2) is 52.7 Å². The molecule has 9 heteroatoms. The topological polar surface area (TPSA) is 122 Å².